The molecule has 3 unspecified atom stereocenters. The molecule has 0 spiro atoms. The van der Waals surface area contributed by atoms with E-state index < -0.39 is 26.6 Å². The number of phosphoric ester groups is 1. The fourth-order valence-corrected chi connectivity index (χ4v) is 10.7. The molecule has 0 saturated carbocycles. The Balaban J connectivity index is 5.06. The SMILES string of the molecule is CC/C=C\C/C=C\C/C=C\C/C=C\C/C=C\CCCCCCCCCCCC(=O)NC(COP(=O)([O-])OCC[N+](C)(C)C)C(/C=C\CCCCCCCCCCC)OC(=O)CCCCCCCCCCCCC/C=C/CCCCCCCC. The van der Waals surface area contributed by atoms with Gasteiger partial charge in [0.1, 0.15) is 19.3 Å². The van der Waals surface area contributed by atoms with E-state index in [1.54, 1.807) is 0 Å². The highest BCUT2D eigenvalue weighted by atomic mass is 31.2. The minimum atomic E-state index is -4.71. The van der Waals surface area contributed by atoms with Crippen molar-refractivity contribution in [3.05, 3.63) is 85.1 Å². The van der Waals surface area contributed by atoms with Crippen molar-refractivity contribution in [1.29, 1.82) is 0 Å². The fraction of sp³-hybridized carbons (Fsp3) is 0.781. The Bertz CT molecular complexity index is 1700. The highest BCUT2D eigenvalue weighted by molar-refractivity contribution is 7.45. The number of carbonyl (C=O) groups excluding carboxylic acids is 2. The average molecular weight is 1180 g/mol. The predicted molar refractivity (Wildman–Crippen MR) is 358 cm³/mol. The third-order valence-electron chi connectivity index (χ3n) is 15.3. The zero-order chi connectivity index (χ0) is 60.7. The third-order valence-corrected chi connectivity index (χ3v) is 16.3. The molecule has 0 rings (SSSR count). The molecule has 482 valence electrons. The molecule has 0 radical (unpaired) electrons. The first-order valence-electron chi connectivity index (χ1n) is 34.9. The number of amides is 1. The van der Waals surface area contributed by atoms with Crippen LogP contribution < -0.4 is 10.2 Å². The second-order valence-electron chi connectivity index (χ2n) is 24.6. The highest BCUT2D eigenvalue weighted by Crippen LogP contribution is 2.38. The molecule has 0 saturated heterocycles. The predicted octanol–water partition coefficient (Wildman–Crippen LogP) is 21.5. The fourth-order valence-electron chi connectivity index (χ4n) is 9.96. The van der Waals surface area contributed by atoms with E-state index in [1.807, 2.05) is 33.3 Å². The van der Waals surface area contributed by atoms with Gasteiger partial charge in [0.2, 0.25) is 5.91 Å². The lowest BCUT2D eigenvalue weighted by molar-refractivity contribution is -0.870. The van der Waals surface area contributed by atoms with Crippen molar-refractivity contribution in [3.8, 4) is 0 Å². The maximum absolute atomic E-state index is 13.6. The average Bonchev–Trinajstić information content (AvgIpc) is 3.51. The van der Waals surface area contributed by atoms with Crippen LogP contribution in [0.5, 0.6) is 0 Å². The summed E-state index contributed by atoms with van der Waals surface area (Å²) < 4.78 is 30.4. The van der Waals surface area contributed by atoms with Crippen LogP contribution in [-0.4, -0.2) is 69.4 Å². The molecule has 0 aromatic heterocycles. The van der Waals surface area contributed by atoms with Gasteiger partial charge in [-0.25, -0.2) is 0 Å². The largest absolute Gasteiger partial charge is 0.756 e. The number of nitrogens with zero attached hydrogens (tertiary/aromatic N) is 1. The van der Waals surface area contributed by atoms with Crippen molar-refractivity contribution in [2.75, 3.05) is 40.9 Å². The number of phosphoric acid groups is 1. The molecular formula is C73H133N2O7P. The Morgan fingerprint density at radius 3 is 1.17 bits per heavy atom. The van der Waals surface area contributed by atoms with E-state index in [4.69, 9.17) is 13.8 Å². The van der Waals surface area contributed by atoms with E-state index >= 15 is 0 Å². The number of allylic oxidation sites excluding steroid dienone is 13. The van der Waals surface area contributed by atoms with Gasteiger partial charge in [0.15, 0.2) is 0 Å². The number of hydrogen-bond acceptors (Lipinski definition) is 7. The van der Waals surface area contributed by atoms with Crippen LogP contribution in [0, 0.1) is 0 Å². The van der Waals surface area contributed by atoms with Gasteiger partial charge < -0.3 is 28.5 Å². The molecule has 0 aromatic rings. The van der Waals surface area contributed by atoms with Crippen molar-refractivity contribution in [1.82, 2.24) is 5.32 Å². The number of hydrogen-bond donors (Lipinski definition) is 1. The monoisotopic (exact) mass is 1180 g/mol. The number of unbranched alkanes of at least 4 members (excludes halogenated alkanes) is 35. The normalized spacial score (nSPS) is 14.1. The van der Waals surface area contributed by atoms with Gasteiger partial charge in [-0.2, -0.15) is 0 Å². The first-order chi connectivity index (χ1) is 40.4. The molecule has 10 heteroatoms. The molecule has 0 heterocycles. The molecule has 83 heavy (non-hydrogen) atoms. The molecule has 0 aliphatic heterocycles. The smallest absolute Gasteiger partial charge is 0.306 e. The van der Waals surface area contributed by atoms with Crippen LogP contribution >= 0.6 is 7.82 Å². The summed E-state index contributed by atoms with van der Waals surface area (Å²) in [5, 5.41) is 3.04. The summed E-state index contributed by atoms with van der Waals surface area (Å²) in [5.74, 6) is -0.543. The first-order valence-corrected chi connectivity index (χ1v) is 36.4. The van der Waals surface area contributed by atoms with Crippen molar-refractivity contribution in [3.63, 3.8) is 0 Å². The van der Waals surface area contributed by atoms with Crippen molar-refractivity contribution in [2.24, 2.45) is 0 Å². The number of ether oxygens (including phenoxy) is 1. The lowest BCUT2D eigenvalue weighted by Gasteiger charge is -2.30. The van der Waals surface area contributed by atoms with Gasteiger partial charge in [-0.1, -0.05) is 286 Å². The molecule has 0 aromatic carbocycles. The summed E-state index contributed by atoms with van der Waals surface area (Å²) in [6, 6.07) is -0.896. The molecule has 3 atom stereocenters. The van der Waals surface area contributed by atoms with Gasteiger partial charge in [-0.15, -0.1) is 0 Å². The number of quaternary nitrogens is 1. The molecular weight excluding hydrogens is 1050 g/mol. The summed E-state index contributed by atoms with van der Waals surface area (Å²) in [6.07, 6.45) is 82.7. The van der Waals surface area contributed by atoms with E-state index in [1.165, 1.54) is 180 Å². The standard InChI is InChI=1S/C73H133N2O7P/c1-7-10-13-16-19-22-25-27-29-31-33-35-36-37-38-40-41-43-45-47-50-53-56-59-62-65-72(76)74-70(69-81-83(78,79)80-68-67-75(4,5)6)71(64-61-58-55-52-49-24-21-18-15-12-9-3)82-73(77)66-63-60-57-54-51-48-46-44-42-39-34-32-30-28-26-23-20-17-14-11-8-2/h10,13,19,22,27-30,33,35,37-38,61,64,70-71H,7-9,11-12,14-18,20-21,23-26,31-32,34,36,39-60,62-63,65-69H2,1-6H3,(H-,74,76,78,79)/b13-10-,22-19-,29-27-,30-28+,35-33-,38-37-,64-61-. The second-order valence-corrected chi connectivity index (χ2v) is 26.1. The molecule has 0 bridgehead atoms. The van der Waals surface area contributed by atoms with Crippen molar-refractivity contribution in [2.45, 2.75) is 328 Å². The Hall–Kier alpha value is -2.81. The summed E-state index contributed by atoms with van der Waals surface area (Å²) >= 11 is 0. The summed E-state index contributed by atoms with van der Waals surface area (Å²) in [5.41, 5.74) is 0. The lowest BCUT2D eigenvalue weighted by Crippen LogP contribution is -2.47. The number of nitrogens with one attached hydrogen (secondary N) is 1. The van der Waals surface area contributed by atoms with Crippen LogP contribution in [-0.2, 0) is 27.9 Å². The Morgan fingerprint density at radius 2 is 0.771 bits per heavy atom. The van der Waals surface area contributed by atoms with Gasteiger partial charge in [-0.3, -0.25) is 14.2 Å². The Kier molecular flexibility index (Phi) is 60.1. The quantitative estimate of drug-likeness (QED) is 0.0212. The van der Waals surface area contributed by atoms with Crippen LogP contribution in [0.1, 0.15) is 316 Å². The molecule has 1 amide bonds. The lowest BCUT2D eigenvalue weighted by atomic mass is 10.0. The summed E-state index contributed by atoms with van der Waals surface area (Å²) in [6.45, 7) is 6.74. The van der Waals surface area contributed by atoms with Crippen LogP contribution in [0.2, 0.25) is 0 Å². The van der Waals surface area contributed by atoms with Crippen molar-refractivity contribution < 1.29 is 37.3 Å². The van der Waals surface area contributed by atoms with Gasteiger partial charge in [0.05, 0.1) is 33.8 Å². The first kappa shape index (κ1) is 80.2. The third kappa shape index (κ3) is 63.5. The topological polar surface area (TPSA) is 114 Å². The minimum absolute atomic E-state index is 0.0259. The molecule has 9 nitrogen and oxygen atoms in total. The van der Waals surface area contributed by atoms with Crippen LogP contribution in [0.25, 0.3) is 0 Å². The highest BCUT2D eigenvalue weighted by Gasteiger charge is 2.27. The zero-order valence-electron chi connectivity index (χ0n) is 55.1. The van der Waals surface area contributed by atoms with E-state index in [-0.39, 0.29) is 24.9 Å². The van der Waals surface area contributed by atoms with E-state index in [0.29, 0.717) is 17.4 Å². The molecule has 1 N–H and O–H groups in total. The van der Waals surface area contributed by atoms with Crippen molar-refractivity contribution >= 4 is 19.7 Å². The number of carbonyl (C=O) groups is 2. The number of rotatable bonds is 63. The zero-order valence-corrected chi connectivity index (χ0v) is 56.0. The second kappa shape index (κ2) is 62.2. The van der Waals surface area contributed by atoms with Gasteiger partial charge >= 0.3 is 5.97 Å². The van der Waals surface area contributed by atoms with Crippen LogP contribution in [0.15, 0.2) is 85.1 Å². The summed E-state index contributed by atoms with van der Waals surface area (Å²) in [7, 11) is 1.18. The summed E-state index contributed by atoms with van der Waals surface area (Å²) in [4.78, 5) is 40.1. The molecule has 0 aliphatic rings. The van der Waals surface area contributed by atoms with Gasteiger partial charge in [0.25, 0.3) is 7.82 Å². The number of likely N-dealkylation sites (N-methyl/N-ethyl adjacent to an activating group) is 1. The van der Waals surface area contributed by atoms with E-state index in [9.17, 15) is 19.0 Å². The maximum atomic E-state index is 13.6. The van der Waals surface area contributed by atoms with E-state index in [2.05, 4.69) is 99.0 Å². The Labute approximate surface area is 514 Å². The number of esters is 1. The van der Waals surface area contributed by atoms with Crippen LogP contribution in [0.4, 0.5) is 0 Å². The Morgan fingerprint density at radius 1 is 0.434 bits per heavy atom. The molecule has 0 fully saturated rings. The minimum Gasteiger partial charge on any atom is -0.756 e. The van der Waals surface area contributed by atoms with Gasteiger partial charge in [0, 0.05) is 12.8 Å². The van der Waals surface area contributed by atoms with Crippen LogP contribution in [0.3, 0.4) is 0 Å². The van der Waals surface area contributed by atoms with Gasteiger partial charge in [-0.05, 0) is 102 Å². The molecule has 0 aliphatic carbocycles. The van der Waals surface area contributed by atoms with E-state index in [0.717, 1.165) is 103 Å². The maximum Gasteiger partial charge on any atom is 0.306 e.